The molecule has 20 heavy (non-hydrogen) atoms. The number of alkyl halides is 3. The van der Waals surface area contributed by atoms with Gasteiger partial charge < -0.3 is 5.73 Å². The minimum Gasteiger partial charge on any atom is -0.398 e. The second-order valence-corrected chi connectivity index (χ2v) is 4.80. The predicted octanol–water partition coefficient (Wildman–Crippen LogP) is 5.06. The maximum Gasteiger partial charge on any atom is 0.416 e. The van der Waals surface area contributed by atoms with Gasteiger partial charge in [0.15, 0.2) is 0 Å². The van der Waals surface area contributed by atoms with E-state index < -0.39 is 17.6 Å². The summed E-state index contributed by atoms with van der Waals surface area (Å²) in [5, 5.41) is 0.169. The Balaban J connectivity index is 2.67. The van der Waals surface area contributed by atoms with Crippen LogP contribution in [0.1, 0.15) is 11.1 Å². The van der Waals surface area contributed by atoms with E-state index in [1.165, 1.54) is 25.1 Å². The van der Waals surface area contributed by atoms with Gasteiger partial charge in [0.2, 0.25) is 0 Å². The summed E-state index contributed by atoms with van der Waals surface area (Å²) < 4.78 is 52.5. The van der Waals surface area contributed by atoms with Crippen molar-refractivity contribution in [3.63, 3.8) is 0 Å². The zero-order chi connectivity index (χ0) is 15.1. The van der Waals surface area contributed by atoms with Crippen LogP contribution >= 0.6 is 11.6 Å². The van der Waals surface area contributed by atoms with E-state index >= 15 is 0 Å². The maximum atomic E-state index is 13.8. The summed E-state index contributed by atoms with van der Waals surface area (Å²) in [4.78, 5) is 0. The molecule has 2 aromatic carbocycles. The summed E-state index contributed by atoms with van der Waals surface area (Å²) in [6, 6.07) is 5.97. The zero-order valence-corrected chi connectivity index (χ0v) is 11.1. The molecule has 0 bridgehead atoms. The number of hydrogen-bond donors (Lipinski definition) is 1. The van der Waals surface area contributed by atoms with Crippen LogP contribution < -0.4 is 5.73 Å². The topological polar surface area (TPSA) is 26.0 Å². The first kappa shape index (κ1) is 14.7. The van der Waals surface area contributed by atoms with E-state index in [-0.39, 0.29) is 27.4 Å². The lowest BCUT2D eigenvalue weighted by molar-refractivity contribution is -0.138. The van der Waals surface area contributed by atoms with Gasteiger partial charge in [-0.2, -0.15) is 13.2 Å². The Morgan fingerprint density at radius 3 is 2.30 bits per heavy atom. The molecule has 1 nitrogen and oxygen atoms in total. The molecule has 0 heterocycles. The van der Waals surface area contributed by atoms with Crippen molar-refractivity contribution in [2.24, 2.45) is 0 Å². The fourth-order valence-corrected chi connectivity index (χ4v) is 2.07. The molecule has 0 spiro atoms. The minimum atomic E-state index is -4.54. The summed E-state index contributed by atoms with van der Waals surface area (Å²) in [7, 11) is 0. The molecule has 2 aromatic rings. The van der Waals surface area contributed by atoms with Gasteiger partial charge in [-0.1, -0.05) is 11.6 Å². The first-order chi connectivity index (χ1) is 9.20. The summed E-state index contributed by atoms with van der Waals surface area (Å²) in [6.07, 6.45) is -4.54. The maximum absolute atomic E-state index is 13.8. The van der Waals surface area contributed by atoms with Crippen molar-refractivity contribution >= 4 is 17.3 Å². The molecule has 0 fully saturated rings. The molecule has 2 N–H and O–H groups in total. The number of hydrogen-bond acceptors (Lipinski definition) is 1. The molecule has 106 valence electrons. The van der Waals surface area contributed by atoms with E-state index in [1.807, 2.05) is 0 Å². The second-order valence-electron chi connectivity index (χ2n) is 4.36. The van der Waals surface area contributed by atoms with Gasteiger partial charge in [-0.15, -0.1) is 0 Å². The summed E-state index contributed by atoms with van der Waals surface area (Å²) >= 11 is 5.62. The van der Waals surface area contributed by atoms with Crippen molar-refractivity contribution in [2.75, 3.05) is 5.73 Å². The molecule has 0 amide bonds. The molecule has 0 atom stereocenters. The second kappa shape index (κ2) is 4.98. The fraction of sp³-hybridized carbons (Fsp3) is 0.143. The number of anilines is 1. The summed E-state index contributed by atoms with van der Waals surface area (Å²) in [6.45, 7) is 1.28. The monoisotopic (exact) mass is 303 g/mol. The van der Waals surface area contributed by atoms with Crippen molar-refractivity contribution < 1.29 is 17.6 Å². The first-order valence-electron chi connectivity index (χ1n) is 5.63. The molecule has 0 aliphatic carbocycles. The van der Waals surface area contributed by atoms with Crippen LogP contribution in [-0.2, 0) is 6.18 Å². The predicted molar refractivity (Wildman–Crippen MR) is 71.0 cm³/mol. The molecule has 6 heteroatoms. The average molecular weight is 304 g/mol. The van der Waals surface area contributed by atoms with Gasteiger partial charge in [0, 0.05) is 16.3 Å². The Morgan fingerprint density at radius 1 is 1.10 bits per heavy atom. The van der Waals surface area contributed by atoms with E-state index in [0.717, 1.165) is 12.1 Å². The Bertz CT molecular complexity index is 665. The van der Waals surface area contributed by atoms with Crippen molar-refractivity contribution in [3.05, 3.63) is 52.3 Å². The highest BCUT2D eigenvalue weighted by atomic mass is 35.5. The standard InChI is InChI=1S/C14H10ClF4N/c1-7-11(14(17,18)19)4-8(5-13(7)20)10-3-2-9(15)6-12(10)16/h2-6H,20H2,1H3. The van der Waals surface area contributed by atoms with Gasteiger partial charge in [0.25, 0.3) is 0 Å². The molecular formula is C14H10ClF4N. The number of rotatable bonds is 1. The van der Waals surface area contributed by atoms with Crippen LogP contribution in [0.3, 0.4) is 0 Å². The Morgan fingerprint density at radius 2 is 1.75 bits per heavy atom. The summed E-state index contributed by atoms with van der Waals surface area (Å²) in [5.74, 6) is -0.700. The molecular weight excluding hydrogens is 294 g/mol. The number of halogens is 5. The molecule has 0 aromatic heterocycles. The van der Waals surface area contributed by atoms with E-state index in [2.05, 4.69) is 0 Å². The Kier molecular flexibility index (Phi) is 3.65. The van der Waals surface area contributed by atoms with Crippen LogP contribution in [0.5, 0.6) is 0 Å². The lowest BCUT2D eigenvalue weighted by atomic mass is 9.97. The third-order valence-electron chi connectivity index (χ3n) is 3.00. The normalized spacial score (nSPS) is 11.7. The lowest BCUT2D eigenvalue weighted by Crippen LogP contribution is -2.09. The van der Waals surface area contributed by atoms with Crippen molar-refractivity contribution in [1.82, 2.24) is 0 Å². The molecule has 0 aliphatic rings. The Hall–Kier alpha value is -1.75. The highest BCUT2D eigenvalue weighted by molar-refractivity contribution is 6.30. The molecule has 0 aliphatic heterocycles. The average Bonchev–Trinajstić information content (AvgIpc) is 2.31. The van der Waals surface area contributed by atoms with Crippen LogP contribution in [-0.4, -0.2) is 0 Å². The quantitative estimate of drug-likeness (QED) is 0.578. The van der Waals surface area contributed by atoms with Gasteiger partial charge >= 0.3 is 6.18 Å². The largest absolute Gasteiger partial charge is 0.416 e. The molecule has 0 saturated heterocycles. The van der Waals surface area contributed by atoms with Gasteiger partial charge in [-0.05, 0) is 48.4 Å². The zero-order valence-electron chi connectivity index (χ0n) is 10.4. The first-order valence-corrected chi connectivity index (χ1v) is 6.00. The van der Waals surface area contributed by atoms with Crippen LogP contribution in [0, 0.1) is 12.7 Å². The minimum absolute atomic E-state index is 0.0200. The highest BCUT2D eigenvalue weighted by Gasteiger charge is 2.33. The van der Waals surface area contributed by atoms with Crippen LogP contribution in [0.2, 0.25) is 5.02 Å². The summed E-state index contributed by atoms with van der Waals surface area (Å²) in [5.41, 5.74) is 4.69. The lowest BCUT2D eigenvalue weighted by Gasteiger charge is -2.15. The van der Waals surface area contributed by atoms with Gasteiger partial charge in [0.05, 0.1) is 5.56 Å². The van der Waals surface area contributed by atoms with Crippen LogP contribution in [0.25, 0.3) is 11.1 Å². The van der Waals surface area contributed by atoms with Crippen molar-refractivity contribution in [3.8, 4) is 11.1 Å². The van der Waals surface area contributed by atoms with E-state index in [9.17, 15) is 17.6 Å². The van der Waals surface area contributed by atoms with Crippen molar-refractivity contribution in [1.29, 1.82) is 0 Å². The van der Waals surface area contributed by atoms with Crippen LogP contribution in [0.4, 0.5) is 23.2 Å². The van der Waals surface area contributed by atoms with Gasteiger partial charge in [-0.3, -0.25) is 0 Å². The third-order valence-corrected chi connectivity index (χ3v) is 3.23. The SMILES string of the molecule is Cc1c(N)cc(-c2ccc(Cl)cc2F)cc1C(F)(F)F. The molecule has 0 unspecified atom stereocenters. The Labute approximate surface area is 118 Å². The number of nitrogens with two attached hydrogens (primary N) is 1. The van der Waals surface area contributed by atoms with Gasteiger partial charge in [-0.25, -0.2) is 4.39 Å². The highest BCUT2D eigenvalue weighted by Crippen LogP contribution is 2.38. The van der Waals surface area contributed by atoms with Gasteiger partial charge in [0.1, 0.15) is 5.82 Å². The van der Waals surface area contributed by atoms with E-state index in [4.69, 9.17) is 17.3 Å². The smallest absolute Gasteiger partial charge is 0.398 e. The number of nitrogen functional groups attached to an aromatic ring is 1. The van der Waals surface area contributed by atoms with Crippen molar-refractivity contribution in [2.45, 2.75) is 13.1 Å². The fourth-order valence-electron chi connectivity index (χ4n) is 1.91. The molecule has 0 saturated carbocycles. The van der Waals surface area contributed by atoms with E-state index in [0.29, 0.717) is 0 Å². The third kappa shape index (κ3) is 2.72. The van der Waals surface area contributed by atoms with E-state index in [1.54, 1.807) is 0 Å². The van der Waals surface area contributed by atoms with Crippen LogP contribution in [0.15, 0.2) is 30.3 Å². The number of benzene rings is 2. The molecule has 2 rings (SSSR count). The molecule has 0 radical (unpaired) electrons.